The van der Waals surface area contributed by atoms with Crippen molar-refractivity contribution < 1.29 is 19.1 Å². The lowest BCUT2D eigenvalue weighted by Gasteiger charge is -2.32. The summed E-state index contributed by atoms with van der Waals surface area (Å²) in [5, 5.41) is 9.65. The van der Waals surface area contributed by atoms with Crippen molar-refractivity contribution in [3.05, 3.63) is 113 Å². The van der Waals surface area contributed by atoms with E-state index in [1.54, 1.807) is 20.3 Å². The van der Waals surface area contributed by atoms with E-state index in [1.807, 2.05) is 109 Å². The molecule has 1 N–H and O–H groups in total. The number of carbonyl (C=O) groups excluding carboxylic acids is 2. The molecular weight excluding hydrogens is 516 g/mol. The molecule has 208 valence electrons. The molecule has 0 saturated carbocycles. The molecule has 4 aromatic carbocycles. The number of Topliss-reactive ketones (excluding diaryl/α,β-unsaturated/α-hetero) is 1. The molecule has 0 saturated heterocycles. The molecule has 1 amide bonds. The molecule has 8 heteroatoms. The van der Waals surface area contributed by atoms with Crippen LogP contribution >= 0.6 is 0 Å². The second-order valence-electron chi connectivity index (χ2n) is 9.84. The Labute approximate surface area is 239 Å². The van der Waals surface area contributed by atoms with Crippen LogP contribution in [0.5, 0.6) is 11.5 Å². The highest BCUT2D eigenvalue weighted by molar-refractivity contribution is 6.44. The van der Waals surface area contributed by atoms with E-state index >= 15 is 0 Å². The number of hydrogen-bond acceptors (Lipinski definition) is 7. The summed E-state index contributed by atoms with van der Waals surface area (Å²) in [6, 6.07) is 28.5. The van der Waals surface area contributed by atoms with Crippen LogP contribution in [0.4, 0.5) is 17.1 Å². The molecule has 1 aliphatic heterocycles. The number of amidine groups is 1. The van der Waals surface area contributed by atoms with Gasteiger partial charge >= 0.3 is 0 Å². The van der Waals surface area contributed by atoms with Gasteiger partial charge in [-0.15, -0.1) is 5.10 Å². The number of benzene rings is 4. The maximum atomic E-state index is 13.1. The lowest BCUT2D eigenvalue weighted by Crippen LogP contribution is -2.37. The molecule has 0 spiro atoms. The third-order valence-corrected chi connectivity index (χ3v) is 7.00. The first-order valence-electron chi connectivity index (χ1n) is 13.2. The van der Waals surface area contributed by atoms with Crippen LogP contribution in [-0.2, 0) is 4.79 Å². The molecule has 41 heavy (non-hydrogen) atoms. The van der Waals surface area contributed by atoms with Gasteiger partial charge in [-0.2, -0.15) is 0 Å². The minimum atomic E-state index is -0.529. The minimum Gasteiger partial charge on any atom is -0.493 e. The molecule has 1 atom stereocenters. The van der Waals surface area contributed by atoms with Crippen molar-refractivity contribution in [3.63, 3.8) is 0 Å². The summed E-state index contributed by atoms with van der Waals surface area (Å²) in [6.45, 7) is 5.42. The number of ketones is 1. The SMILES string of the molecule is COc1ccc([C@@H]2N(c3ccc(C)cc3)N=C(C(C)=O)N2c2cccc(NC(=O)c3ccccc3C)c2)cc1OC. The van der Waals surface area contributed by atoms with Crippen LogP contribution in [0.1, 0.15) is 40.1 Å². The van der Waals surface area contributed by atoms with E-state index in [0.717, 1.165) is 22.4 Å². The molecule has 5 rings (SSSR count). The summed E-state index contributed by atoms with van der Waals surface area (Å²) in [5.41, 5.74) is 5.53. The molecule has 0 fully saturated rings. The third-order valence-electron chi connectivity index (χ3n) is 7.00. The topological polar surface area (TPSA) is 83.5 Å². The standard InChI is InChI=1S/C33H32N4O4/c1-21-13-16-26(17-14-21)37-33(24-15-18-29(40-4)30(19-24)41-5)36(31(35-37)23(3)38)27-11-8-10-25(20-27)34-32(39)28-12-7-6-9-22(28)2/h6-20,33H,1-5H3,(H,34,39)/t33-/m0/s1. The van der Waals surface area contributed by atoms with Crippen LogP contribution in [0, 0.1) is 13.8 Å². The maximum absolute atomic E-state index is 13.1. The average Bonchev–Trinajstić information content (AvgIpc) is 3.38. The van der Waals surface area contributed by atoms with Gasteiger partial charge in [0.25, 0.3) is 5.91 Å². The Balaban J connectivity index is 1.61. The Morgan fingerprint density at radius 1 is 0.805 bits per heavy atom. The molecule has 8 nitrogen and oxygen atoms in total. The highest BCUT2D eigenvalue weighted by Crippen LogP contribution is 2.42. The molecule has 0 bridgehead atoms. The number of ether oxygens (including phenoxy) is 2. The molecule has 0 aromatic heterocycles. The molecule has 0 radical (unpaired) electrons. The second-order valence-corrected chi connectivity index (χ2v) is 9.84. The van der Waals surface area contributed by atoms with Gasteiger partial charge in [-0.25, -0.2) is 5.01 Å². The zero-order valence-electron chi connectivity index (χ0n) is 23.7. The maximum Gasteiger partial charge on any atom is 0.255 e. The van der Waals surface area contributed by atoms with Crippen molar-refractivity contribution >= 4 is 34.6 Å². The Morgan fingerprint density at radius 3 is 2.22 bits per heavy atom. The van der Waals surface area contributed by atoms with Crippen LogP contribution in [0.3, 0.4) is 0 Å². The minimum absolute atomic E-state index is 0.195. The fraction of sp³-hybridized carbons (Fsp3) is 0.182. The van der Waals surface area contributed by atoms with E-state index in [1.165, 1.54) is 6.92 Å². The smallest absolute Gasteiger partial charge is 0.255 e. The molecular formula is C33H32N4O4. The number of hydrazone groups is 1. The van der Waals surface area contributed by atoms with Crippen molar-refractivity contribution in [2.75, 3.05) is 29.4 Å². The van der Waals surface area contributed by atoms with Crippen molar-refractivity contribution in [2.45, 2.75) is 26.9 Å². The summed E-state index contributed by atoms with van der Waals surface area (Å²) in [7, 11) is 3.18. The molecule has 0 aliphatic carbocycles. The number of amides is 1. The first-order valence-corrected chi connectivity index (χ1v) is 13.2. The van der Waals surface area contributed by atoms with Crippen LogP contribution in [0.2, 0.25) is 0 Å². The number of carbonyl (C=O) groups is 2. The van der Waals surface area contributed by atoms with E-state index in [-0.39, 0.29) is 17.5 Å². The predicted octanol–water partition coefficient (Wildman–Crippen LogP) is 6.50. The molecule has 0 unspecified atom stereocenters. The number of hydrogen-bond donors (Lipinski definition) is 1. The molecule has 4 aromatic rings. The Morgan fingerprint density at radius 2 is 1.54 bits per heavy atom. The van der Waals surface area contributed by atoms with Crippen LogP contribution < -0.4 is 24.7 Å². The van der Waals surface area contributed by atoms with Gasteiger partial charge in [-0.05, 0) is 67.9 Å². The number of nitrogens with zero attached hydrogens (tertiary/aromatic N) is 3. The fourth-order valence-electron chi connectivity index (χ4n) is 4.89. The second kappa shape index (κ2) is 11.6. The van der Waals surface area contributed by atoms with E-state index in [2.05, 4.69) is 5.32 Å². The zero-order chi connectivity index (χ0) is 29.1. The van der Waals surface area contributed by atoms with Crippen LogP contribution in [-0.4, -0.2) is 31.7 Å². The summed E-state index contributed by atoms with van der Waals surface area (Å²) in [6.07, 6.45) is -0.529. The van der Waals surface area contributed by atoms with Gasteiger partial charge < -0.3 is 14.8 Å². The Bertz CT molecular complexity index is 1630. The van der Waals surface area contributed by atoms with Gasteiger partial charge in [0.05, 0.1) is 19.9 Å². The van der Waals surface area contributed by atoms with Gasteiger partial charge in [0.1, 0.15) is 0 Å². The van der Waals surface area contributed by atoms with E-state index < -0.39 is 6.17 Å². The normalized spacial score (nSPS) is 14.5. The van der Waals surface area contributed by atoms with Crippen molar-refractivity contribution in [3.8, 4) is 11.5 Å². The number of anilines is 3. The summed E-state index contributed by atoms with van der Waals surface area (Å²) < 4.78 is 11.1. The Kier molecular flexibility index (Phi) is 7.74. The van der Waals surface area contributed by atoms with Gasteiger partial charge in [0.15, 0.2) is 29.3 Å². The van der Waals surface area contributed by atoms with Crippen molar-refractivity contribution in [1.29, 1.82) is 0 Å². The monoisotopic (exact) mass is 548 g/mol. The van der Waals surface area contributed by atoms with E-state index in [4.69, 9.17) is 14.6 Å². The zero-order valence-corrected chi connectivity index (χ0v) is 23.7. The number of methoxy groups -OCH3 is 2. The van der Waals surface area contributed by atoms with Gasteiger partial charge in [-0.1, -0.05) is 48.0 Å². The molecule has 1 heterocycles. The van der Waals surface area contributed by atoms with Crippen LogP contribution in [0.25, 0.3) is 0 Å². The van der Waals surface area contributed by atoms with E-state index in [9.17, 15) is 9.59 Å². The highest BCUT2D eigenvalue weighted by Gasteiger charge is 2.39. The van der Waals surface area contributed by atoms with Gasteiger partial charge in [-0.3, -0.25) is 14.5 Å². The summed E-state index contributed by atoms with van der Waals surface area (Å²) in [4.78, 5) is 28.0. The quantitative estimate of drug-likeness (QED) is 0.271. The third kappa shape index (κ3) is 5.49. The lowest BCUT2D eigenvalue weighted by atomic mass is 10.1. The summed E-state index contributed by atoms with van der Waals surface area (Å²) >= 11 is 0. The summed E-state index contributed by atoms with van der Waals surface area (Å²) in [5.74, 6) is 1.02. The first-order chi connectivity index (χ1) is 19.8. The van der Waals surface area contributed by atoms with E-state index in [0.29, 0.717) is 28.4 Å². The number of aryl methyl sites for hydroxylation is 2. The predicted molar refractivity (Wildman–Crippen MR) is 162 cm³/mol. The first kappa shape index (κ1) is 27.5. The van der Waals surface area contributed by atoms with Gasteiger partial charge in [0.2, 0.25) is 0 Å². The highest BCUT2D eigenvalue weighted by atomic mass is 16.5. The fourth-order valence-corrected chi connectivity index (χ4v) is 4.89. The lowest BCUT2D eigenvalue weighted by molar-refractivity contribution is -0.111. The van der Waals surface area contributed by atoms with Gasteiger partial charge in [0, 0.05) is 29.4 Å². The number of rotatable bonds is 8. The largest absolute Gasteiger partial charge is 0.493 e. The number of nitrogens with one attached hydrogen (secondary N) is 1. The molecule has 1 aliphatic rings. The average molecular weight is 549 g/mol. The van der Waals surface area contributed by atoms with Crippen molar-refractivity contribution in [2.24, 2.45) is 5.10 Å². The Hall–Kier alpha value is -5.11. The van der Waals surface area contributed by atoms with Crippen LogP contribution in [0.15, 0.2) is 96.1 Å². The van der Waals surface area contributed by atoms with Crippen molar-refractivity contribution in [1.82, 2.24) is 0 Å².